The van der Waals surface area contributed by atoms with E-state index in [0.717, 1.165) is 31.0 Å². The molecule has 4 nitrogen and oxygen atoms in total. The molecule has 0 aliphatic carbocycles. The molecule has 1 N–H and O–H groups in total. The average Bonchev–Trinajstić information content (AvgIpc) is 2.73. The van der Waals surface area contributed by atoms with E-state index in [1.807, 2.05) is 16.7 Å². The van der Waals surface area contributed by atoms with Gasteiger partial charge in [0.25, 0.3) is 5.91 Å². The summed E-state index contributed by atoms with van der Waals surface area (Å²) in [5.74, 6) is 7.45. The zero-order valence-corrected chi connectivity index (χ0v) is 11.4. The van der Waals surface area contributed by atoms with Gasteiger partial charge in [0.1, 0.15) is 6.61 Å². The van der Waals surface area contributed by atoms with Crippen molar-refractivity contribution in [3.63, 3.8) is 0 Å². The maximum absolute atomic E-state index is 12.4. The average molecular weight is 276 g/mol. The van der Waals surface area contributed by atoms with Gasteiger partial charge in [-0.05, 0) is 18.2 Å². The number of nitrogens with zero attached hydrogens (tertiary/aromatic N) is 2. The Kier molecular flexibility index (Phi) is 5.25. The van der Waals surface area contributed by atoms with Crippen molar-refractivity contribution in [2.75, 3.05) is 31.2 Å². The van der Waals surface area contributed by atoms with Crippen LogP contribution < -0.4 is 0 Å². The predicted octanol–water partition coefficient (Wildman–Crippen LogP) is 1.00. The molecule has 2 heterocycles. The molecule has 1 aromatic heterocycles. The van der Waals surface area contributed by atoms with Crippen molar-refractivity contribution in [1.82, 2.24) is 9.88 Å². The fraction of sp³-hybridized carbons (Fsp3) is 0.429. The summed E-state index contributed by atoms with van der Waals surface area (Å²) in [6, 6.07) is 1.73. The number of aliphatic hydroxyl groups excluding tert-OH is 1. The van der Waals surface area contributed by atoms with Crippen molar-refractivity contribution in [3.05, 3.63) is 29.6 Å². The van der Waals surface area contributed by atoms with Gasteiger partial charge in [-0.15, -0.1) is 0 Å². The molecule has 0 spiro atoms. The summed E-state index contributed by atoms with van der Waals surface area (Å²) in [4.78, 5) is 18.3. The lowest BCUT2D eigenvalue weighted by molar-refractivity contribution is 0.0768. The molecule has 0 atom stereocenters. The Hall–Kier alpha value is -1.51. The Morgan fingerprint density at radius 2 is 2.32 bits per heavy atom. The molecule has 19 heavy (non-hydrogen) atoms. The zero-order chi connectivity index (χ0) is 13.5. The van der Waals surface area contributed by atoms with Crippen LogP contribution in [-0.4, -0.2) is 52.1 Å². The highest BCUT2D eigenvalue weighted by atomic mass is 32.2. The third kappa shape index (κ3) is 3.98. The lowest BCUT2D eigenvalue weighted by Crippen LogP contribution is -2.33. The number of carbonyl (C=O) groups is 1. The summed E-state index contributed by atoms with van der Waals surface area (Å²) in [5, 5.41) is 8.67. The number of hydrogen-bond acceptors (Lipinski definition) is 4. The van der Waals surface area contributed by atoms with Crippen molar-refractivity contribution in [2.24, 2.45) is 0 Å². The molecule has 0 aromatic carbocycles. The number of rotatable bonds is 1. The van der Waals surface area contributed by atoms with E-state index in [1.165, 1.54) is 0 Å². The van der Waals surface area contributed by atoms with Gasteiger partial charge in [-0.2, -0.15) is 11.8 Å². The van der Waals surface area contributed by atoms with Crippen LogP contribution in [0.5, 0.6) is 0 Å². The molecule has 2 rings (SSSR count). The molecule has 0 bridgehead atoms. The second kappa shape index (κ2) is 7.17. The lowest BCUT2D eigenvalue weighted by Gasteiger charge is -2.19. The maximum Gasteiger partial charge on any atom is 0.255 e. The third-order valence-electron chi connectivity index (χ3n) is 2.81. The van der Waals surface area contributed by atoms with Gasteiger partial charge in [0, 0.05) is 36.8 Å². The molecule has 1 fully saturated rings. The quantitative estimate of drug-likeness (QED) is 0.778. The largest absolute Gasteiger partial charge is 0.384 e. The summed E-state index contributed by atoms with van der Waals surface area (Å²) < 4.78 is 0. The molecule has 1 amide bonds. The first-order valence-corrected chi connectivity index (χ1v) is 7.38. The predicted molar refractivity (Wildman–Crippen MR) is 76.0 cm³/mol. The van der Waals surface area contributed by atoms with Gasteiger partial charge in [0.05, 0.1) is 5.56 Å². The summed E-state index contributed by atoms with van der Waals surface area (Å²) in [6.45, 7) is 1.40. The van der Waals surface area contributed by atoms with Gasteiger partial charge in [0.15, 0.2) is 0 Å². The first-order valence-electron chi connectivity index (χ1n) is 6.23. The van der Waals surface area contributed by atoms with E-state index < -0.39 is 0 Å². The highest BCUT2D eigenvalue weighted by Crippen LogP contribution is 2.13. The summed E-state index contributed by atoms with van der Waals surface area (Å²) in [7, 11) is 0. The van der Waals surface area contributed by atoms with Crippen LogP contribution in [0.25, 0.3) is 0 Å². The molecule has 0 saturated carbocycles. The topological polar surface area (TPSA) is 53.4 Å². The molecule has 1 aliphatic rings. The van der Waals surface area contributed by atoms with Crippen molar-refractivity contribution < 1.29 is 9.90 Å². The number of pyridine rings is 1. The van der Waals surface area contributed by atoms with Gasteiger partial charge in [-0.1, -0.05) is 11.8 Å². The molecule has 1 aromatic rings. The summed E-state index contributed by atoms with van der Waals surface area (Å²) >= 11 is 1.89. The lowest BCUT2D eigenvalue weighted by atomic mass is 10.2. The van der Waals surface area contributed by atoms with Crippen LogP contribution in [0.3, 0.4) is 0 Å². The fourth-order valence-electron chi connectivity index (χ4n) is 1.90. The van der Waals surface area contributed by atoms with Crippen molar-refractivity contribution in [2.45, 2.75) is 6.42 Å². The Morgan fingerprint density at radius 3 is 3.16 bits per heavy atom. The summed E-state index contributed by atoms with van der Waals surface area (Å²) in [6.07, 6.45) is 4.20. The Labute approximate surface area is 117 Å². The number of hydrogen-bond donors (Lipinski definition) is 1. The first-order chi connectivity index (χ1) is 9.31. The fourth-order valence-corrected chi connectivity index (χ4v) is 2.79. The Bertz CT molecular complexity index is 500. The highest BCUT2D eigenvalue weighted by molar-refractivity contribution is 7.99. The number of thioether (sulfide) groups is 1. The molecular formula is C14H16N2O2S. The Balaban J connectivity index is 2.13. The maximum atomic E-state index is 12.4. The van der Waals surface area contributed by atoms with Gasteiger partial charge in [-0.3, -0.25) is 9.78 Å². The van der Waals surface area contributed by atoms with E-state index in [2.05, 4.69) is 16.8 Å². The molecule has 0 unspecified atom stereocenters. The zero-order valence-electron chi connectivity index (χ0n) is 10.6. The van der Waals surface area contributed by atoms with Gasteiger partial charge in [0.2, 0.25) is 0 Å². The summed E-state index contributed by atoms with van der Waals surface area (Å²) in [5.41, 5.74) is 1.22. The minimum absolute atomic E-state index is 0.0163. The van der Waals surface area contributed by atoms with Crippen LogP contribution in [0.2, 0.25) is 0 Å². The van der Waals surface area contributed by atoms with E-state index in [1.54, 1.807) is 18.5 Å². The van der Waals surface area contributed by atoms with Crippen LogP contribution in [0.15, 0.2) is 18.5 Å². The van der Waals surface area contributed by atoms with Crippen molar-refractivity contribution in [1.29, 1.82) is 0 Å². The van der Waals surface area contributed by atoms with E-state index in [-0.39, 0.29) is 12.5 Å². The monoisotopic (exact) mass is 276 g/mol. The van der Waals surface area contributed by atoms with Crippen LogP contribution in [0, 0.1) is 11.8 Å². The SMILES string of the molecule is O=C(c1cncc(C#CCO)c1)N1CCCSCC1. The normalized spacial score (nSPS) is 15.3. The van der Waals surface area contributed by atoms with Crippen LogP contribution in [0.4, 0.5) is 0 Å². The molecule has 100 valence electrons. The second-order valence-electron chi connectivity index (χ2n) is 4.18. The number of carbonyl (C=O) groups excluding carboxylic acids is 1. The Morgan fingerprint density at radius 1 is 1.42 bits per heavy atom. The number of aliphatic hydroxyl groups is 1. The van der Waals surface area contributed by atoms with Crippen molar-refractivity contribution in [3.8, 4) is 11.8 Å². The van der Waals surface area contributed by atoms with Gasteiger partial charge < -0.3 is 10.0 Å². The number of amides is 1. The minimum atomic E-state index is -0.193. The number of aromatic nitrogens is 1. The smallest absolute Gasteiger partial charge is 0.255 e. The standard InChI is InChI=1S/C14H16N2O2S/c17-6-1-3-12-9-13(11-15-10-12)14(18)16-4-2-7-19-8-5-16/h9-11,17H,2,4-8H2. The molecule has 1 saturated heterocycles. The minimum Gasteiger partial charge on any atom is -0.384 e. The van der Waals surface area contributed by atoms with E-state index in [4.69, 9.17) is 5.11 Å². The second-order valence-corrected chi connectivity index (χ2v) is 5.41. The molecule has 0 radical (unpaired) electrons. The van der Waals surface area contributed by atoms with Crippen LogP contribution in [0.1, 0.15) is 22.3 Å². The van der Waals surface area contributed by atoms with E-state index in [0.29, 0.717) is 11.1 Å². The van der Waals surface area contributed by atoms with Crippen LogP contribution in [-0.2, 0) is 0 Å². The van der Waals surface area contributed by atoms with E-state index in [9.17, 15) is 4.79 Å². The molecular weight excluding hydrogens is 260 g/mol. The van der Waals surface area contributed by atoms with Gasteiger partial charge in [-0.25, -0.2) is 0 Å². The van der Waals surface area contributed by atoms with Crippen molar-refractivity contribution >= 4 is 17.7 Å². The first kappa shape index (κ1) is 13.9. The van der Waals surface area contributed by atoms with E-state index >= 15 is 0 Å². The highest BCUT2D eigenvalue weighted by Gasteiger charge is 2.17. The van der Waals surface area contributed by atoms with Crippen LogP contribution >= 0.6 is 11.8 Å². The van der Waals surface area contributed by atoms with Gasteiger partial charge >= 0.3 is 0 Å². The third-order valence-corrected chi connectivity index (χ3v) is 3.86. The molecule has 1 aliphatic heterocycles. The molecule has 5 heteroatoms.